The third-order valence-electron chi connectivity index (χ3n) is 5.91. The molecule has 1 aromatic heterocycles. The van der Waals surface area contributed by atoms with E-state index in [0.717, 1.165) is 37.2 Å². The van der Waals surface area contributed by atoms with E-state index in [4.69, 9.17) is 9.47 Å². The van der Waals surface area contributed by atoms with Gasteiger partial charge in [0.1, 0.15) is 0 Å². The maximum Gasteiger partial charge on any atom is 0.0811 e. The van der Waals surface area contributed by atoms with Gasteiger partial charge in [-0.1, -0.05) is 42.8 Å². The van der Waals surface area contributed by atoms with Gasteiger partial charge in [0.05, 0.1) is 35.4 Å². The summed E-state index contributed by atoms with van der Waals surface area (Å²) >= 11 is 1.81. The van der Waals surface area contributed by atoms with Crippen LogP contribution in [0.3, 0.4) is 0 Å². The Hall–Kier alpha value is -1.57. The molecule has 2 aromatic carbocycles. The lowest BCUT2D eigenvalue weighted by molar-refractivity contribution is -0.0549. The molecular weight excluding hydrogens is 438 g/mol. The molecule has 3 rings (SSSR count). The smallest absolute Gasteiger partial charge is 0.0811 e. The fourth-order valence-electron chi connectivity index (χ4n) is 3.81. The van der Waals surface area contributed by atoms with Crippen molar-refractivity contribution in [1.82, 2.24) is 5.32 Å². The van der Waals surface area contributed by atoms with Gasteiger partial charge in [0.15, 0.2) is 0 Å². The van der Waals surface area contributed by atoms with Crippen molar-refractivity contribution >= 4 is 32.2 Å². The minimum atomic E-state index is -1.11. The van der Waals surface area contributed by atoms with Gasteiger partial charge < -0.3 is 14.8 Å². The summed E-state index contributed by atoms with van der Waals surface area (Å²) in [6.07, 6.45) is 2.63. The minimum Gasteiger partial charge on any atom is -0.382 e. The normalized spacial score (nSPS) is 14.5. The number of fused-ring (bicyclic) bond motifs is 1. The largest absolute Gasteiger partial charge is 0.382 e. The van der Waals surface area contributed by atoms with Crippen LogP contribution < -0.4 is 5.32 Å². The highest BCUT2D eigenvalue weighted by atomic mass is 32.2. The van der Waals surface area contributed by atoms with Crippen LogP contribution in [0, 0.1) is 6.92 Å². The lowest BCUT2D eigenvalue weighted by Crippen LogP contribution is -2.42. The van der Waals surface area contributed by atoms with Crippen LogP contribution in [0.15, 0.2) is 58.8 Å². The summed E-state index contributed by atoms with van der Waals surface area (Å²) in [6, 6.07) is 16.5. The molecule has 3 aromatic rings. The van der Waals surface area contributed by atoms with Crippen LogP contribution in [-0.4, -0.2) is 49.0 Å². The van der Waals surface area contributed by atoms with Gasteiger partial charge in [-0.3, -0.25) is 4.21 Å². The van der Waals surface area contributed by atoms with E-state index in [9.17, 15) is 4.21 Å². The van der Waals surface area contributed by atoms with Crippen LogP contribution in [0.2, 0.25) is 0 Å². The fraction of sp³-hybridized carbons (Fsp3) is 0.462. The Balaban J connectivity index is 1.56. The molecule has 2 unspecified atom stereocenters. The van der Waals surface area contributed by atoms with E-state index in [0.29, 0.717) is 19.0 Å². The number of hydrogen-bond donors (Lipinski definition) is 1. The van der Waals surface area contributed by atoms with Crippen LogP contribution in [0.4, 0.5) is 0 Å². The Morgan fingerprint density at radius 2 is 1.84 bits per heavy atom. The first-order chi connectivity index (χ1) is 15.6. The molecule has 0 spiro atoms. The zero-order valence-corrected chi connectivity index (χ0v) is 21.0. The van der Waals surface area contributed by atoms with Crippen LogP contribution >= 0.6 is 11.3 Å². The molecule has 6 heteroatoms. The molecular formula is C26H35NO3S2. The van der Waals surface area contributed by atoms with E-state index in [1.165, 1.54) is 21.2 Å². The van der Waals surface area contributed by atoms with Gasteiger partial charge >= 0.3 is 0 Å². The van der Waals surface area contributed by atoms with Crippen molar-refractivity contribution < 1.29 is 13.7 Å². The second-order valence-electron chi connectivity index (χ2n) is 8.19. The molecule has 32 heavy (non-hydrogen) atoms. The molecule has 0 bridgehead atoms. The molecule has 4 nitrogen and oxygen atoms in total. The van der Waals surface area contributed by atoms with E-state index >= 15 is 0 Å². The number of aryl methyl sites for hydroxylation is 1. The van der Waals surface area contributed by atoms with Crippen molar-refractivity contribution in [1.29, 1.82) is 0 Å². The summed E-state index contributed by atoms with van der Waals surface area (Å²) in [4.78, 5) is 0.862. The molecule has 0 aliphatic carbocycles. The summed E-state index contributed by atoms with van der Waals surface area (Å²) in [5.41, 5.74) is 2.14. The lowest BCUT2D eigenvalue weighted by Gasteiger charge is -2.33. The van der Waals surface area contributed by atoms with Gasteiger partial charge in [-0.05, 0) is 73.8 Å². The highest BCUT2D eigenvalue weighted by Gasteiger charge is 2.31. The number of nitrogens with one attached hydrogen (secondary N) is 1. The first-order valence-corrected chi connectivity index (χ1v) is 13.5. The topological polar surface area (TPSA) is 47.6 Å². The van der Waals surface area contributed by atoms with Gasteiger partial charge in [-0.15, -0.1) is 11.3 Å². The second kappa shape index (κ2) is 12.6. The fourth-order valence-corrected chi connectivity index (χ4v) is 6.32. The predicted octanol–water partition coefficient (Wildman–Crippen LogP) is 5.35. The van der Waals surface area contributed by atoms with E-state index < -0.39 is 16.4 Å². The zero-order valence-electron chi connectivity index (χ0n) is 19.4. The molecule has 0 saturated heterocycles. The van der Waals surface area contributed by atoms with E-state index in [1.807, 2.05) is 42.5 Å². The quantitative estimate of drug-likeness (QED) is 0.321. The third kappa shape index (κ3) is 6.96. The minimum absolute atomic E-state index is 0.434. The molecule has 2 atom stereocenters. The third-order valence-corrected chi connectivity index (χ3v) is 8.51. The number of rotatable bonds is 14. The molecule has 0 aliphatic rings. The maximum atomic E-state index is 13.1. The van der Waals surface area contributed by atoms with Crippen molar-refractivity contribution in [3.63, 3.8) is 0 Å². The molecule has 0 radical (unpaired) electrons. The van der Waals surface area contributed by atoms with Crippen LogP contribution in [0.1, 0.15) is 30.9 Å². The number of benzene rings is 2. The molecule has 0 fully saturated rings. The number of thiophene rings is 1. The van der Waals surface area contributed by atoms with Crippen molar-refractivity contribution in [2.75, 3.05) is 39.2 Å². The molecule has 174 valence electrons. The molecule has 1 N–H and O–H groups in total. The average Bonchev–Trinajstić information content (AvgIpc) is 3.22. The van der Waals surface area contributed by atoms with Gasteiger partial charge in [0.25, 0.3) is 0 Å². The average molecular weight is 474 g/mol. The summed E-state index contributed by atoms with van der Waals surface area (Å²) < 4.78 is 25.9. The molecule has 0 amide bonds. The Labute approximate surface area is 198 Å². The summed E-state index contributed by atoms with van der Waals surface area (Å²) in [7, 11) is 0.572. The maximum absolute atomic E-state index is 13.1. The summed E-state index contributed by atoms with van der Waals surface area (Å²) in [5, 5.41) is 7.21. The molecule has 0 saturated carbocycles. The van der Waals surface area contributed by atoms with Crippen LogP contribution in [0.5, 0.6) is 0 Å². The highest BCUT2D eigenvalue weighted by molar-refractivity contribution is 7.85. The monoisotopic (exact) mass is 473 g/mol. The first-order valence-electron chi connectivity index (χ1n) is 11.3. The van der Waals surface area contributed by atoms with Gasteiger partial charge in [0, 0.05) is 16.7 Å². The Morgan fingerprint density at radius 3 is 2.59 bits per heavy atom. The van der Waals surface area contributed by atoms with Gasteiger partial charge in [-0.25, -0.2) is 0 Å². The van der Waals surface area contributed by atoms with Crippen LogP contribution in [0.25, 0.3) is 10.1 Å². The lowest BCUT2D eigenvalue weighted by atomic mass is 9.98. The van der Waals surface area contributed by atoms with Crippen molar-refractivity contribution in [3.05, 3.63) is 65.0 Å². The molecule has 0 aliphatic heterocycles. The number of methoxy groups -OCH3 is 1. The Morgan fingerprint density at radius 1 is 1.06 bits per heavy atom. The standard InChI is InChI=1S/C26H35NO3S2/c1-4-26(30-18-17-29-3,20-32(28)23-11-9-21(2)10-12-23)14-16-27-15-13-22-19-31-25-8-6-5-7-24(22)25/h5-12,19,27H,4,13-18,20H2,1-3H3. The van der Waals surface area contributed by atoms with Crippen molar-refractivity contribution in [2.24, 2.45) is 0 Å². The summed E-state index contributed by atoms with van der Waals surface area (Å²) in [5.74, 6) is 0.493. The first kappa shape index (κ1) is 25.1. The van der Waals surface area contributed by atoms with Gasteiger partial charge in [-0.2, -0.15) is 0 Å². The van der Waals surface area contributed by atoms with E-state index in [2.05, 4.69) is 41.9 Å². The number of ether oxygens (including phenoxy) is 2. The second-order valence-corrected chi connectivity index (χ2v) is 10.6. The number of hydrogen-bond acceptors (Lipinski definition) is 5. The Bertz CT molecular complexity index is 986. The highest BCUT2D eigenvalue weighted by Crippen LogP contribution is 2.26. The van der Waals surface area contributed by atoms with E-state index in [1.54, 1.807) is 7.11 Å². The van der Waals surface area contributed by atoms with Crippen LogP contribution in [-0.2, 0) is 26.7 Å². The summed E-state index contributed by atoms with van der Waals surface area (Å²) in [6.45, 7) is 6.96. The van der Waals surface area contributed by atoms with E-state index in [-0.39, 0.29) is 0 Å². The molecule has 1 heterocycles. The van der Waals surface area contributed by atoms with Crippen molar-refractivity contribution in [2.45, 2.75) is 43.6 Å². The Kier molecular flexibility index (Phi) is 9.88. The zero-order chi connectivity index (χ0) is 22.8. The van der Waals surface area contributed by atoms with Crippen molar-refractivity contribution in [3.8, 4) is 0 Å². The predicted molar refractivity (Wildman–Crippen MR) is 136 cm³/mol. The van der Waals surface area contributed by atoms with Gasteiger partial charge in [0.2, 0.25) is 0 Å². The SMILES string of the molecule is CCC(CCNCCc1csc2ccccc12)(CS(=O)c1ccc(C)cc1)OCCOC.